The zero-order chi connectivity index (χ0) is 24.1. The van der Waals surface area contributed by atoms with Crippen molar-refractivity contribution >= 4 is 27.3 Å². The van der Waals surface area contributed by atoms with E-state index in [9.17, 15) is 23.3 Å². The normalized spacial score (nSPS) is 11.9. The zero-order valence-electron chi connectivity index (χ0n) is 18.3. The van der Waals surface area contributed by atoms with Gasteiger partial charge in [-0.3, -0.25) is 19.2 Å². The van der Waals surface area contributed by atoms with Crippen LogP contribution in [0.2, 0.25) is 0 Å². The number of carbonyl (C=O) groups is 1. The maximum Gasteiger partial charge on any atom is 0.271 e. The Morgan fingerprint density at radius 2 is 1.72 bits per heavy atom. The van der Waals surface area contributed by atoms with Crippen LogP contribution in [0.1, 0.15) is 18.5 Å². The number of carbonyl (C=O) groups excluding carboxylic acids is 1. The van der Waals surface area contributed by atoms with E-state index in [1.54, 1.807) is 25.1 Å². The van der Waals surface area contributed by atoms with E-state index in [0.29, 0.717) is 17.1 Å². The molecule has 2 aromatic rings. The lowest BCUT2D eigenvalue weighted by molar-refractivity contribution is -0.384. The Hall–Kier alpha value is -3.54. The van der Waals surface area contributed by atoms with E-state index in [-0.39, 0.29) is 17.1 Å². The summed E-state index contributed by atoms with van der Waals surface area (Å²) >= 11 is 0. The molecule has 0 saturated carbocycles. The third-order valence-electron chi connectivity index (χ3n) is 4.61. The van der Waals surface area contributed by atoms with Gasteiger partial charge in [0.1, 0.15) is 29.5 Å². The van der Waals surface area contributed by atoms with Crippen molar-refractivity contribution in [3.05, 3.63) is 52.1 Å². The maximum atomic E-state index is 12.8. The lowest BCUT2D eigenvalue weighted by Gasteiger charge is -2.25. The lowest BCUT2D eigenvalue weighted by Crippen LogP contribution is -2.41. The number of amides is 1. The second kappa shape index (κ2) is 10.2. The topological polar surface area (TPSA) is 137 Å². The molecule has 12 heteroatoms. The maximum absolute atomic E-state index is 12.8. The first kappa shape index (κ1) is 24.7. The van der Waals surface area contributed by atoms with E-state index in [2.05, 4.69) is 5.32 Å². The number of hydrogen-bond acceptors (Lipinski definition) is 8. The number of hydrogen-bond donors (Lipinski definition) is 1. The first-order valence-electron chi connectivity index (χ1n) is 9.33. The molecule has 174 valence electrons. The van der Waals surface area contributed by atoms with Crippen LogP contribution >= 0.6 is 0 Å². The molecule has 32 heavy (non-hydrogen) atoms. The Morgan fingerprint density at radius 3 is 2.25 bits per heavy atom. The van der Waals surface area contributed by atoms with Crippen LogP contribution < -0.4 is 23.8 Å². The summed E-state index contributed by atoms with van der Waals surface area (Å²) in [6.45, 7) is 1.08. The molecule has 2 aromatic carbocycles. The van der Waals surface area contributed by atoms with Gasteiger partial charge in [-0.1, -0.05) is 0 Å². The van der Waals surface area contributed by atoms with Gasteiger partial charge < -0.3 is 19.5 Å². The number of rotatable bonds is 10. The molecule has 0 spiro atoms. The van der Waals surface area contributed by atoms with E-state index in [1.807, 2.05) is 0 Å². The number of methoxy groups -OCH3 is 3. The standard InChI is InChI=1S/C20H25N3O8S/c1-13(16-11-15(29-2)7-9-18(16)30-3)21-20(24)12-22(32(5,27)28)17-10-14(23(25)26)6-8-19(17)31-4/h6-11,13H,12H2,1-5H3,(H,21,24)/t13-/m0/s1. The van der Waals surface area contributed by atoms with Crippen LogP contribution in [0.25, 0.3) is 0 Å². The summed E-state index contributed by atoms with van der Waals surface area (Å²) < 4.78 is 41.3. The summed E-state index contributed by atoms with van der Waals surface area (Å²) in [6, 6.07) is 8.03. The van der Waals surface area contributed by atoms with Gasteiger partial charge in [0.25, 0.3) is 5.69 Å². The molecule has 1 N–H and O–H groups in total. The third kappa shape index (κ3) is 5.78. The monoisotopic (exact) mass is 467 g/mol. The molecular formula is C20H25N3O8S. The van der Waals surface area contributed by atoms with Crippen LogP contribution in [0, 0.1) is 10.1 Å². The molecule has 0 aliphatic rings. The summed E-state index contributed by atoms with van der Waals surface area (Å²) in [6.07, 6.45) is 0.896. The molecule has 0 fully saturated rings. The van der Waals surface area contributed by atoms with Crippen molar-refractivity contribution in [2.45, 2.75) is 13.0 Å². The number of benzene rings is 2. The largest absolute Gasteiger partial charge is 0.497 e. The molecule has 0 saturated heterocycles. The Morgan fingerprint density at radius 1 is 1.09 bits per heavy atom. The van der Waals surface area contributed by atoms with Crippen LogP contribution in [0.5, 0.6) is 17.2 Å². The van der Waals surface area contributed by atoms with Crippen molar-refractivity contribution in [3.8, 4) is 17.2 Å². The minimum absolute atomic E-state index is 0.0661. The van der Waals surface area contributed by atoms with E-state index in [4.69, 9.17) is 14.2 Å². The molecule has 0 unspecified atom stereocenters. The highest BCUT2D eigenvalue weighted by Gasteiger charge is 2.27. The van der Waals surface area contributed by atoms with Gasteiger partial charge in [-0.25, -0.2) is 8.42 Å². The Labute approximate surface area is 186 Å². The van der Waals surface area contributed by atoms with Crippen molar-refractivity contribution in [2.24, 2.45) is 0 Å². The first-order valence-corrected chi connectivity index (χ1v) is 11.2. The average Bonchev–Trinajstić information content (AvgIpc) is 2.75. The number of anilines is 1. The molecule has 0 bridgehead atoms. The summed E-state index contributed by atoms with van der Waals surface area (Å²) in [5.41, 5.74) is 0.161. The van der Waals surface area contributed by atoms with Crippen molar-refractivity contribution < 1.29 is 32.3 Å². The average molecular weight is 468 g/mol. The molecule has 0 radical (unpaired) electrons. The smallest absolute Gasteiger partial charge is 0.271 e. The number of nitrogens with one attached hydrogen (secondary N) is 1. The highest BCUT2D eigenvalue weighted by molar-refractivity contribution is 7.92. The molecule has 0 aliphatic carbocycles. The minimum Gasteiger partial charge on any atom is -0.497 e. The van der Waals surface area contributed by atoms with Gasteiger partial charge in [-0.2, -0.15) is 0 Å². The second-order valence-corrected chi connectivity index (χ2v) is 8.69. The van der Waals surface area contributed by atoms with E-state index < -0.39 is 33.4 Å². The van der Waals surface area contributed by atoms with Gasteiger partial charge in [-0.05, 0) is 31.2 Å². The summed E-state index contributed by atoms with van der Waals surface area (Å²) in [5, 5.41) is 13.9. The van der Waals surface area contributed by atoms with Crippen molar-refractivity contribution in [3.63, 3.8) is 0 Å². The molecule has 11 nitrogen and oxygen atoms in total. The van der Waals surface area contributed by atoms with Crippen LogP contribution in [-0.4, -0.2) is 53.4 Å². The molecule has 0 heterocycles. The number of non-ortho nitro benzene ring substituents is 1. The van der Waals surface area contributed by atoms with Gasteiger partial charge in [-0.15, -0.1) is 0 Å². The summed E-state index contributed by atoms with van der Waals surface area (Å²) in [4.78, 5) is 23.3. The predicted molar refractivity (Wildman–Crippen MR) is 118 cm³/mol. The first-order chi connectivity index (χ1) is 15.0. The summed E-state index contributed by atoms with van der Waals surface area (Å²) in [5.74, 6) is 0.498. The van der Waals surface area contributed by atoms with Crippen LogP contribution in [0.4, 0.5) is 11.4 Å². The predicted octanol–water partition coefficient (Wildman–Crippen LogP) is 2.26. The number of nitro groups is 1. The van der Waals surface area contributed by atoms with Gasteiger partial charge in [0.05, 0.1) is 38.6 Å². The van der Waals surface area contributed by atoms with Crippen molar-refractivity contribution in [1.29, 1.82) is 0 Å². The molecular weight excluding hydrogens is 442 g/mol. The lowest BCUT2D eigenvalue weighted by atomic mass is 10.1. The SMILES string of the molecule is COc1ccc(OC)c([C@H](C)NC(=O)CN(c2cc([N+](=O)[O-])ccc2OC)S(C)(=O)=O)c1. The van der Waals surface area contributed by atoms with Crippen LogP contribution in [0.3, 0.4) is 0 Å². The van der Waals surface area contributed by atoms with Gasteiger partial charge >= 0.3 is 0 Å². The van der Waals surface area contributed by atoms with Crippen LogP contribution in [-0.2, 0) is 14.8 Å². The van der Waals surface area contributed by atoms with Gasteiger partial charge in [0.15, 0.2) is 0 Å². The number of ether oxygens (including phenoxy) is 3. The van der Waals surface area contributed by atoms with E-state index >= 15 is 0 Å². The number of nitro benzene ring substituents is 1. The minimum atomic E-state index is -3.99. The van der Waals surface area contributed by atoms with Gasteiger partial charge in [0.2, 0.25) is 15.9 Å². The number of nitrogens with zero attached hydrogens (tertiary/aromatic N) is 2. The molecule has 0 aromatic heterocycles. The Bertz CT molecular complexity index is 1100. The van der Waals surface area contributed by atoms with Crippen molar-refractivity contribution in [1.82, 2.24) is 5.32 Å². The summed E-state index contributed by atoms with van der Waals surface area (Å²) in [7, 11) is 0.298. The zero-order valence-corrected chi connectivity index (χ0v) is 19.1. The quantitative estimate of drug-likeness (QED) is 0.415. The highest BCUT2D eigenvalue weighted by atomic mass is 32.2. The fourth-order valence-corrected chi connectivity index (χ4v) is 3.89. The fourth-order valence-electron chi connectivity index (χ4n) is 3.04. The Kier molecular flexibility index (Phi) is 7.87. The molecule has 1 amide bonds. The fraction of sp³-hybridized carbons (Fsp3) is 0.350. The van der Waals surface area contributed by atoms with E-state index in [1.165, 1.54) is 33.5 Å². The molecule has 1 atom stereocenters. The second-order valence-electron chi connectivity index (χ2n) is 6.78. The molecule has 0 aliphatic heterocycles. The third-order valence-corrected chi connectivity index (χ3v) is 5.74. The Balaban J connectivity index is 2.35. The van der Waals surface area contributed by atoms with Gasteiger partial charge in [0, 0.05) is 17.7 Å². The molecule has 2 rings (SSSR count). The van der Waals surface area contributed by atoms with Crippen molar-refractivity contribution in [2.75, 3.05) is 38.4 Å². The van der Waals surface area contributed by atoms with E-state index in [0.717, 1.165) is 16.6 Å². The van der Waals surface area contributed by atoms with Crippen LogP contribution in [0.15, 0.2) is 36.4 Å². The highest BCUT2D eigenvalue weighted by Crippen LogP contribution is 2.34. The number of sulfonamides is 1.